The molecule has 0 fully saturated rings. The molecule has 0 saturated carbocycles. The number of nitrogens with zero attached hydrogens (tertiary/aromatic N) is 3. The zero-order valence-electron chi connectivity index (χ0n) is 4.81. The summed E-state index contributed by atoms with van der Waals surface area (Å²) in [6, 6.07) is 3.90. The Labute approximate surface area is 52.2 Å². The van der Waals surface area contributed by atoms with Crippen LogP contribution in [0, 0.1) is 0 Å². The molecule has 0 aromatic carbocycles. The van der Waals surface area contributed by atoms with Gasteiger partial charge in [-0.05, 0) is 16.8 Å². The van der Waals surface area contributed by atoms with E-state index in [0.717, 1.165) is 0 Å². The van der Waals surface area contributed by atoms with Gasteiger partial charge < -0.3 is 0 Å². The van der Waals surface area contributed by atoms with Gasteiger partial charge in [0.05, 0.1) is 6.20 Å². The highest BCUT2D eigenvalue weighted by molar-refractivity contribution is 4.79. The van der Waals surface area contributed by atoms with Crippen LogP contribution in [0.4, 0.5) is 0 Å². The first-order valence-electron chi connectivity index (χ1n) is 2.77. The lowest BCUT2D eigenvalue weighted by atomic mass is 10.6. The van der Waals surface area contributed by atoms with Crippen LogP contribution in [0.25, 0.3) is 0 Å². The van der Waals surface area contributed by atoms with Gasteiger partial charge in [-0.2, -0.15) is 0 Å². The monoisotopic (exact) mass is 120 g/mol. The Morgan fingerprint density at radius 3 is 3.11 bits per heavy atom. The van der Waals surface area contributed by atoms with E-state index in [2.05, 4.69) is 5.10 Å². The van der Waals surface area contributed by atoms with E-state index in [0.29, 0.717) is 0 Å². The molecule has 0 saturated heterocycles. The Hall–Kier alpha value is -1.38. The average Bonchev–Trinajstić information content (AvgIpc) is 2.33. The van der Waals surface area contributed by atoms with E-state index in [1.807, 2.05) is 35.2 Å². The Kier molecular flexibility index (Phi) is 0.773. The predicted octanol–water partition coefficient (Wildman–Crippen LogP) is -0.0802. The largest absolute Gasteiger partial charge is 0.207 e. The summed E-state index contributed by atoms with van der Waals surface area (Å²) in [6.45, 7) is 0. The van der Waals surface area contributed by atoms with Crippen LogP contribution in [0.15, 0.2) is 36.9 Å². The van der Waals surface area contributed by atoms with Gasteiger partial charge in [0.25, 0.3) is 0 Å². The topological polar surface area (TPSA) is 21.4 Å². The second kappa shape index (κ2) is 1.55. The summed E-state index contributed by atoms with van der Waals surface area (Å²) < 4.78 is 3.64. The maximum Gasteiger partial charge on any atom is 0.207 e. The molecule has 2 aromatic rings. The summed E-state index contributed by atoms with van der Waals surface area (Å²) in [4.78, 5) is 0. The van der Waals surface area contributed by atoms with Crippen molar-refractivity contribution in [1.29, 1.82) is 0 Å². The minimum absolute atomic E-state index is 1.75. The second-order valence-corrected chi connectivity index (χ2v) is 1.80. The van der Waals surface area contributed by atoms with E-state index >= 15 is 0 Å². The van der Waals surface area contributed by atoms with Gasteiger partial charge in [-0.3, -0.25) is 0 Å². The third kappa shape index (κ3) is 0.579. The van der Waals surface area contributed by atoms with Crippen LogP contribution in [-0.2, 0) is 0 Å². The average molecular weight is 120 g/mol. The standard InChI is InChI=1S/C6H6N3/c1-2-5-9-7-3-6-8(9)4-1/h1-6H/q+1. The Bertz CT molecular complexity index is 282. The SMILES string of the molecule is c1cc[n+]2ccnn2c1. The van der Waals surface area contributed by atoms with Crippen molar-refractivity contribution in [1.82, 2.24) is 9.73 Å². The molecule has 2 rings (SSSR count). The predicted molar refractivity (Wildman–Crippen MR) is 30.8 cm³/mol. The van der Waals surface area contributed by atoms with Crippen molar-refractivity contribution < 1.29 is 4.52 Å². The lowest BCUT2D eigenvalue weighted by Crippen LogP contribution is -2.26. The highest BCUT2D eigenvalue weighted by Gasteiger charge is 1.93. The molecule has 0 unspecified atom stereocenters. The molecule has 44 valence electrons. The minimum Gasteiger partial charge on any atom is -0.129 e. The normalized spacial score (nSPS) is 10.2. The van der Waals surface area contributed by atoms with E-state index < -0.39 is 0 Å². The smallest absolute Gasteiger partial charge is 0.129 e. The Morgan fingerprint density at radius 2 is 2.22 bits per heavy atom. The third-order valence-corrected chi connectivity index (χ3v) is 1.21. The second-order valence-electron chi connectivity index (χ2n) is 1.80. The van der Waals surface area contributed by atoms with Gasteiger partial charge in [-0.1, -0.05) is 0 Å². The van der Waals surface area contributed by atoms with Crippen molar-refractivity contribution in [2.75, 3.05) is 0 Å². The highest BCUT2D eigenvalue weighted by atomic mass is 15.5. The molecule has 2 heterocycles. The number of hydrogen-bond donors (Lipinski definition) is 0. The summed E-state index contributed by atoms with van der Waals surface area (Å²) in [5.41, 5.74) is 0. The van der Waals surface area contributed by atoms with Crippen LogP contribution in [0.5, 0.6) is 0 Å². The van der Waals surface area contributed by atoms with Crippen molar-refractivity contribution in [2.24, 2.45) is 0 Å². The van der Waals surface area contributed by atoms with Crippen LogP contribution in [0.2, 0.25) is 0 Å². The molecule has 0 amide bonds. The summed E-state index contributed by atoms with van der Waals surface area (Å²) in [7, 11) is 0. The first kappa shape index (κ1) is 4.49. The van der Waals surface area contributed by atoms with Gasteiger partial charge >= 0.3 is 0 Å². The van der Waals surface area contributed by atoms with Crippen molar-refractivity contribution in [2.45, 2.75) is 0 Å². The van der Waals surface area contributed by atoms with Crippen molar-refractivity contribution >= 4 is 0 Å². The summed E-state index contributed by atoms with van der Waals surface area (Å²) >= 11 is 0. The zero-order chi connectivity index (χ0) is 6.10. The fraction of sp³-hybridized carbons (Fsp3) is 0. The minimum atomic E-state index is 1.75. The molecule has 0 atom stereocenters. The van der Waals surface area contributed by atoms with Gasteiger partial charge in [-0.25, -0.2) is 0 Å². The van der Waals surface area contributed by atoms with Gasteiger partial charge in [0.1, 0.15) is 6.20 Å². The molecule has 0 spiro atoms. The molecule has 0 aliphatic carbocycles. The van der Waals surface area contributed by atoms with E-state index in [-0.39, 0.29) is 0 Å². The van der Waals surface area contributed by atoms with Crippen molar-refractivity contribution in [3.8, 4) is 0 Å². The summed E-state index contributed by atoms with van der Waals surface area (Å²) in [5.74, 6) is 0. The maximum atomic E-state index is 4.00. The van der Waals surface area contributed by atoms with E-state index in [1.54, 1.807) is 10.8 Å². The van der Waals surface area contributed by atoms with E-state index in [4.69, 9.17) is 0 Å². The number of aromatic nitrogens is 3. The van der Waals surface area contributed by atoms with Crippen molar-refractivity contribution in [3.63, 3.8) is 0 Å². The molecule has 3 heteroatoms. The number of rotatable bonds is 0. The molecule has 0 aliphatic rings. The van der Waals surface area contributed by atoms with Gasteiger partial charge in [0, 0.05) is 5.10 Å². The Balaban J connectivity index is 2.95. The van der Waals surface area contributed by atoms with Crippen LogP contribution < -0.4 is 4.52 Å². The fourth-order valence-electron chi connectivity index (χ4n) is 0.792. The third-order valence-electron chi connectivity index (χ3n) is 1.21. The summed E-state index contributed by atoms with van der Waals surface area (Å²) in [5, 5.41) is 4.00. The number of fused-ring (bicyclic) bond motifs is 1. The van der Waals surface area contributed by atoms with Crippen LogP contribution in [0.3, 0.4) is 0 Å². The van der Waals surface area contributed by atoms with Crippen LogP contribution in [-0.4, -0.2) is 9.73 Å². The quantitative estimate of drug-likeness (QED) is 0.445. The molecular weight excluding hydrogens is 114 g/mol. The highest BCUT2D eigenvalue weighted by Crippen LogP contribution is 1.75. The van der Waals surface area contributed by atoms with Crippen LogP contribution >= 0.6 is 0 Å². The van der Waals surface area contributed by atoms with Gasteiger partial charge in [0.2, 0.25) is 6.20 Å². The molecule has 0 aliphatic heterocycles. The maximum absolute atomic E-state index is 4.00. The molecule has 9 heavy (non-hydrogen) atoms. The van der Waals surface area contributed by atoms with Gasteiger partial charge in [-0.15, -0.1) is 4.52 Å². The molecule has 0 bridgehead atoms. The molecule has 2 aromatic heterocycles. The summed E-state index contributed by atoms with van der Waals surface area (Å²) in [6.07, 6.45) is 7.47. The van der Waals surface area contributed by atoms with Gasteiger partial charge in [0.15, 0.2) is 6.20 Å². The Morgan fingerprint density at radius 1 is 1.22 bits per heavy atom. The van der Waals surface area contributed by atoms with Crippen molar-refractivity contribution in [3.05, 3.63) is 36.9 Å². The first-order valence-corrected chi connectivity index (χ1v) is 2.77. The zero-order valence-corrected chi connectivity index (χ0v) is 4.81. The molecule has 3 nitrogen and oxygen atoms in total. The van der Waals surface area contributed by atoms with E-state index in [9.17, 15) is 0 Å². The number of hydrogen-bond acceptors (Lipinski definition) is 1. The fourth-order valence-corrected chi connectivity index (χ4v) is 0.792. The molecular formula is C6H6N3+. The van der Waals surface area contributed by atoms with E-state index in [1.165, 1.54) is 0 Å². The lowest BCUT2D eigenvalue weighted by molar-refractivity contribution is -0.622. The first-order chi connectivity index (χ1) is 4.47. The lowest BCUT2D eigenvalue weighted by Gasteiger charge is -1.79. The molecule has 0 N–H and O–H groups in total. The van der Waals surface area contributed by atoms with Crippen LogP contribution in [0.1, 0.15) is 0 Å². The molecule has 0 radical (unpaired) electrons.